The van der Waals surface area contributed by atoms with E-state index in [4.69, 9.17) is 9.15 Å². The summed E-state index contributed by atoms with van der Waals surface area (Å²) in [7, 11) is 1.48. The van der Waals surface area contributed by atoms with E-state index in [9.17, 15) is 18.0 Å². The fraction of sp³-hybridized carbons (Fsp3) is 0.222. The molecule has 2 heterocycles. The van der Waals surface area contributed by atoms with Crippen LogP contribution in [0.5, 0.6) is 0 Å². The van der Waals surface area contributed by atoms with Gasteiger partial charge < -0.3 is 14.5 Å². The minimum atomic E-state index is -4.54. The van der Waals surface area contributed by atoms with E-state index >= 15 is 0 Å². The van der Waals surface area contributed by atoms with Gasteiger partial charge in [0, 0.05) is 18.7 Å². The molecule has 0 spiro atoms. The Kier molecular flexibility index (Phi) is 4.94. The number of alkyl halides is 3. The number of pyridine rings is 1. The number of aromatic nitrogens is 1. The van der Waals surface area contributed by atoms with Gasteiger partial charge in [-0.3, -0.25) is 9.78 Å². The standard InChI is InChI=1S/C18H15F3N2O3/c1-25-15(14-8-11-4-2-3-5-13(11)26-14)10-23-17(24)12-6-7-16(22-9-12)18(19,20)21/h2-9,15H,10H2,1H3,(H,23,24)/t15-/m1/s1. The lowest BCUT2D eigenvalue weighted by Crippen LogP contribution is -2.29. The normalized spacial score (nSPS) is 12.9. The van der Waals surface area contributed by atoms with Crippen molar-refractivity contribution in [1.29, 1.82) is 0 Å². The molecule has 0 radical (unpaired) electrons. The topological polar surface area (TPSA) is 64.4 Å². The molecule has 5 nitrogen and oxygen atoms in total. The molecule has 0 aliphatic heterocycles. The molecule has 8 heteroatoms. The Hall–Kier alpha value is -2.87. The number of benzene rings is 1. The second-order valence-corrected chi connectivity index (χ2v) is 5.55. The van der Waals surface area contributed by atoms with Crippen LogP contribution in [0, 0.1) is 0 Å². The highest BCUT2D eigenvalue weighted by Crippen LogP contribution is 2.27. The molecule has 0 saturated carbocycles. The number of amides is 1. The second-order valence-electron chi connectivity index (χ2n) is 5.55. The highest BCUT2D eigenvalue weighted by Gasteiger charge is 2.32. The van der Waals surface area contributed by atoms with Crippen molar-refractivity contribution in [3.8, 4) is 0 Å². The number of nitrogens with one attached hydrogen (secondary N) is 1. The number of carbonyl (C=O) groups is 1. The molecule has 26 heavy (non-hydrogen) atoms. The molecule has 0 aliphatic carbocycles. The van der Waals surface area contributed by atoms with Crippen molar-refractivity contribution in [2.75, 3.05) is 13.7 Å². The molecule has 3 aromatic rings. The van der Waals surface area contributed by atoms with Crippen molar-refractivity contribution in [1.82, 2.24) is 10.3 Å². The first kappa shape index (κ1) is 17.9. The molecule has 1 atom stereocenters. The quantitative estimate of drug-likeness (QED) is 0.744. The Bertz CT molecular complexity index is 871. The summed E-state index contributed by atoms with van der Waals surface area (Å²) in [5, 5.41) is 3.51. The summed E-state index contributed by atoms with van der Waals surface area (Å²) in [6, 6.07) is 11.1. The number of ether oxygens (including phenoxy) is 1. The third-order valence-electron chi connectivity index (χ3n) is 3.81. The Labute approximate surface area is 146 Å². The smallest absolute Gasteiger partial charge is 0.433 e. The third kappa shape index (κ3) is 3.85. The van der Waals surface area contributed by atoms with Gasteiger partial charge >= 0.3 is 6.18 Å². The summed E-state index contributed by atoms with van der Waals surface area (Å²) >= 11 is 0. The van der Waals surface area contributed by atoms with E-state index in [2.05, 4.69) is 10.3 Å². The molecule has 1 aromatic carbocycles. The van der Waals surface area contributed by atoms with E-state index < -0.39 is 23.9 Å². The van der Waals surface area contributed by atoms with Gasteiger partial charge in [-0.25, -0.2) is 0 Å². The average Bonchev–Trinajstić information content (AvgIpc) is 3.05. The van der Waals surface area contributed by atoms with Gasteiger partial charge in [-0.1, -0.05) is 18.2 Å². The molecule has 136 valence electrons. The van der Waals surface area contributed by atoms with Crippen LogP contribution in [0.2, 0.25) is 0 Å². The van der Waals surface area contributed by atoms with Gasteiger partial charge in [0.15, 0.2) is 0 Å². The predicted octanol–water partition coefficient (Wildman–Crippen LogP) is 3.96. The van der Waals surface area contributed by atoms with Crippen molar-refractivity contribution in [2.24, 2.45) is 0 Å². The van der Waals surface area contributed by atoms with Crippen LogP contribution in [0.4, 0.5) is 13.2 Å². The molecule has 1 N–H and O–H groups in total. The van der Waals surface area contributed by atoms with E-state index in [0.29, 0.717) is 11.3 Å². The number of nitrogens with zero attached hydrogens (tertiary/aromatic N) is 1. The summed E-state index contributed by atoms with van der Waals surface area (Å²) in [5.74, 6) is -0.0103. The molecule has 0 saturated heterocycles. The first-order valence-corrected chi connectivity index (χ1v) is 7.71. The molecule has 0 bridgehead atoms. The first-order valence-electron chi connectivity index (χ1n) is 7.71. The van der Waals surface area contributed by atoms with Crippen LogP contribution in [-0.2, 0) is 10.9 Å². The van der Waals surface area contributed by atoms with Crippen molar-refractivity contribution < 1.29 is 27.1 Å². The molecule has 2 aromatic heterocycles. The summed E-state index contributed by atoms with van der Waals surface area (Å²) in [6.45, 7) is 0.0934. The van der Waals surface area contributed by atoms with Gasteiger partial charge in [0.2, 0.25) is 0 Å². The highest BCUT2D eigenvalue weighted by molar-refractivity contribution is 5.93. The lowest BCUT2D eigenvalue weighted by atomic mass is 10.2. The summed E-state index contributed by atoms with van der Waals surface area (Å²) < 4.78 is 48.6. The number of methoxy groups -OCH3 is 1. The maximum atomic E-state index is 12.5. The Morgan fingerprint density at radius 2 is 2.04 bits per heavy atom. The number of halogens is 3. The Morgan fingerprint density at radius 1 is 1.27 bits per heavy atom. The van der Waals surface area contributed by atoms with E-state index in [0.717, 1.165) is 23.7 Å². The fourth-order valence-corrected chi connectivity index (χ4v) is 2.44. The minimum Gasteiger partial charge on any atom is -0.458 e. The van der Waals surface area contributed by atoms with Crippen LogP contribution in [0.15, 0.2) is 53.1 Å². The Morgan fingerprint density at radius 3 is 2.65 bits per heavy atom. The first-order chi connectivity index (χ1) is 12.4. The number of furan rings is 1. The van der Waals surface area contributed by atoms with E-state index in [1.807, 2.05) is 30.3 Å². The van der Waals surface area contributed by atoms with Crippen LogP contribution >= 0.6 is 0 Å². The van der Waals surface area contributed by atoms with Gasteiger partial charge in [0.25, 0.3) is 5.91 Å². The molecular formula is C18H15F3N2O3. The lowest BCUT2D eigenvalue weighted by Gasteiger charge is -2.14. The largest absolute Gasteiger partial charge is 0.458 e. The number of rotatable bonds is 5. The van der Waals surface area contributed by atoms with E-state index in [1.165, 1.54) is 7.11 Å². The molecule has 1 amide bonds. The number of hydrogen-bond acceptors (Lipinski definition) is 4. The van der Waals surface area contributed by atoms with Crippen LogP contribution in [-0.4, -0.2) is 24.5 Å². The minimum absolute atomic E-state index is 0.0254. The zero-order valence-corrected chi connectivity index (χ0v) is 13.7. The molecular weight excluding hydrogens is 349 g/mol. The van der Waals surface area contributed by atoms with Crippen molar-refractivity contribution in [3.05, 3.63) is 65.7 Å². The lowest BCUT2D eigenvalue weighted by molar-refractivity contribution is -0.141. The molecule has 0 unspecified atom stereocenters. The molecule has 3 rings (SSSR count). The summed E-state index contributed by atoms with van der Waals surface area (Å²) in [4.78, 5) is 15.4. The van der Waals surface area contributed by atoms with Crippen molar-refractivity contribution in [3.63, 3.8) is 0 Å². The van der Waals surface area contributed by atoms with Gasteiger partial charge in [0.1, 0.15) is 23.1 Å². The van der Waals surface area contributed by atoms with Crippen LogP contribution < -0.4 is 5.32 Å². The monoisotopic (exact) mass is 364 g/mol. The summed E-state index contributed by atoms with van der Waals surface area (Å²) in [5.41, 5.74) is -0.327. The maximum Gasteiger partial charge on any atom is 0.433 e. The van der Waals surface area contributed by atoms with Gasteiger partial charge in [-0.15, -0.1) is 0 Å². The average molecular weight is 364 g/mol. The number of carbonyl (C=O) groups excluding carboxylic acids is 1. The van der Waals surface area contributed by atoms with Crippen LogP contribution in [0.1, 0.15) is 27.9 Å². The molecule has 0 fully saturated rings. The van der Waals surface area contributed by atoms with Gasteiger partial charge in [0.05, 0.1) is 12.1 Å². The zero-order valence-electron chi connectivity index (χ0n) is 13.7. The van der Waals surface area contributed by atoms with Crippen molar-refractivity contribution in [2.45, 2.75) is 12.3 Å². The zero-order chi connectivity index (χ0) is 18.7. The number of fused-ring (bicyclic) bond motifs is 1. The highest BCUT2D eigenvalue weighted by atomic mass is 19.4. The third-order valence-corrected chi connectivity index (χ3v) is 3.81. The number of para-hydroxylation sites is 1. The second kappa shape index (κ2) is 7.17. The van der Waals surface area contributed by atoms with Crippen LogP contribution in [0.25, 0.3) is 11.0 Å². The van der Waals surface area contributed by atoms with Crippen molar-refractivity contribution >= 4 is 16.9 Å². The van der Waals surface area contributed by atoms with E-state index in [-0.39, 0.29) is 12.1 Å². The van der Waals surface area contributed by atoms with Gasteiger partial charge in [-0.2, -0.15) is 13.2 Å². The summed E-state index contributed by atoms with van der Waals surface area (Å²) in [6.07, 6.45) is -4.19. The van der Waals surface area contributed by atoms with Crippen LogP contribution in [0.3, 0.4) is 0 Å². The predicted molar refractivity (Wildman–Crippen MR) is 87.5 cm³/mol. The number of hydrogen-bond donors (Lipinski definition) is 1. The Balaban J connectivity index is 1.67. The fourth-order valence-electron chi connectivity index (χ4n) is 2.44. The molecule has 0 aliphatic rings. The van der Waals surface area contributed by atoms with Gasteiger partial charge in [-0.05, 0) is 24.3 Å². The maximum absolute atomic E-state index is 12.5. The van der Waals surface area contributed by atoms with E-state index in [1.54, 1.807) is 0 Å². The SMILES string of the molecule is CO[C@H](CNC(=O)c1ccc(C(F)(F)F)nc1)c1cc2ccccc2o1.